The van der Waals surface area contributed by atoms with Crippen molar-refractivity contribution in [2.45, 2.75) is 24.9 Å². The number of carbonyl (C=O) groups is 2. The first kappa shape index (κ1) is 14.4. The molecule has 2 aliphatic heterocycles. The molecule has 0 radical (unpaired) electrons. The number of terminal acetylenes is 2. The lowest BCUT2D eigenvalue weighted by Crippen LogP contribution is -2.62. The second kappa shape index (κ2) is 5.14. The molecule has 2 rings (SSSR count). The molecule has 106 valence electrons. The SMILES string of the molecule is C#CC1(C#C)CN([C@H]2C[C@H](O)[C@@H](CO)O2)C(=O)NC1=O. The first-order chi connectivity index (χ1) is 9.47. The zero-order valence-corrected chi connectivity index (χ0v) is 10.6. The Kier molecular flexibility index (Phi) is 3.69. The number of carbonyl (C=O) groups excluding carboxylic acids is 2. The van der Waals surface area contributed by atoms with E-state index in [-0.39, 0.29) is 19.6 Å². The van der Waals surface area contributed by atoms with E-state index < -0.39 is 35.8 Å². The molecule has 3 N–H and O–H groups in total. The van der Waals surface area contributed by atoms with Gasteiger partial charge < -0.3 is 14.9 Å². The van der Waals surface area contributed by atoms with Crippen LogP contribution in [0.1, 0.15) is 6.42 Å². The molecule has 7 heteroatoms. The molecule has 2 saturated heterocycles. The fraction of sp³-hybridized carbons (Fsp3) is 0.538. The van der Waals surface area contributed by atoms with E-state index in [0.29, 0.717) is 0 Å². The molecule has 2 heterocycles. The summed E-state index contributed by atoms with van der Waals surface area (Å²) < 4.78 is 5.37. The van der Waals surface area contributed by atoms with E-state index in [0.717, 1.165) is 0 Å². The lowest BCUT2D eigenvalue weighted by Gasteiger charge is -2.37. The molecule has 0 aromatic carbocycles. The van der Waals surface area contributed by atoms with Crippen LogP contribution in [0.3, 0.4) is 0 Å². The number of aliphatic hydroxyl groups excluding tert-OH is 2. The molecule has 3 atom stereocenters. The number of aliphatic hydroxyl groups is 2. The monoisotopic (exact) mass is 278 g/mol. The van der Waals surface area contributed by atoms with E-state index >= 15 is 0 Å². The minimum Gasteiger partial charge on any atom is -0.394 e. The molecule has 7 nitrogen and oxygen atoms in total. The minimum atomic E-state index is -1.56. The van der Waals surface area contributed by atoms with Gasteiger partial charge in [-0.2, -0.15) is 0 Å². The van der Waals surface area contributed by atoms with Crippen LogP contribution >= 0.6 is 0 Å². The number of imide groups is 1. The summed E-state index contributed by atoms with van der Waals surface area (Å²) in [4.78, 5) is 24.8. The molecular weight excluding hydrogens is 264 g/mol. The summed E-state index contributed by atoms with van der Waals surface area (Å²) in [6.45, 7) is -0.568. The Bertz CT molecular complexity index is 504. The Hall–Kier alpha value is -2.06. The normalized spacial score (nSPS) is 32.4. The molecule has 0 bridgehead atoms. The van der Waals surface area contributed by atoms with Gasteiger partial charge in [-0.05, 0) is 0 Å². The molecule has 0 unspecified atom stereocenters. The van der Waals surface area contributed by atoms with Crippen molar-refractivity contribution < 1.29 is 24.5 Å². The molecule has 2 fully saturated rings. The second-order valence-electron chi connectivity index (χ2n) is 4.70. The fourth-order valence-electron chi connectivity index (χ4n) is 2.24. The topological polar surface area (TPSA) is 99.1 Å². The Morgan fingerprint density at radius 1 is 1.45 bits per heavy atom. The highest BCUT2D eigenvalue weighted by atomic mass is 16.5. The van der Waals surface area contributed by atoms with Crippen LogP contribution in [0.15, 0.2) is 0 Å². The predicted molar refractivity (Wildman–Crippen MR) is 66.7 cm³/mol. The summed E-state index contributed by atoms with van der Waals surface area (Å²) in [5.74, 6) is 3.71. The number of hydrogen-bond donors (Lipinski definition) is 3. The maximum atomic E-state index is 11.8. The molecule has 20 heavy (non-hydrogen) atoms. The standard InChI is InChI=1S/C13H14N2O5/c1-3-13(4-2)7-15(12(19)14-11(13)18)10-5-8(17)9(6-16)20-10/h1-2,8-10,16-17H,5-7H2,(H,14,18,19)/t8-,9+,10+/m0/s1. The van der Waals surface area contributed by atoms with Crippen molar-refractivity contribution in [2.75, 3.05) is 13.2 Å². The largest absolute Gasteiger partial charge is 0.394 e. The van der Waals surface area contributed by atoms with Crippen LogP contribution < -0.4 is 5.32 Å². The highest BCUT2D eigenvalue weighted by Crippen LogP contribution is 2.29. The summed E-state index contributed by atoms with van der Waals surface area (Å²) in [6.07, 6.45) is 8.24. The average Bonchev–Trinajstić information content (AvgIpc) is 2.81. The van der Waals surface area contributed by atoms with Gasteiger partial charge in [-0.25, -0.2) is 4.79 Å². The summed E-state index contributed by atoms with van der Waals surface area (Å²) in [5, 5.41) is 20.8. The first-order valence-corrected chi connectivity index (χ1v) is 5.99. The Morgan fingerprint density at radius 3 is 2.60 bits per heavy atom. The number of nitrogens with one attached hydrogen (secondary N) is 1. The van der Waals surface area contributed by atoms with Gasteiger partial charge in [0.25, 0.3) is 5.91 Å². The van der Waals surface area contributed by atoms with Crippen LogP contribution in [0.25, 0.3) is 0 Å². The van der Waals surface area contributed by atoms with Crippen molar-refractivity contribution in [1.82, 2.24) is 10.2 Å². The third-order valence-electron chi connectivity index (χ3n) is 3.50. The predicted octanol–water partition coefficient (Wildman–Crippen LogP) is -1.74. The van der Waals surface area contributed by atoms with Crippen LogP contribution in [-0.4, -0.2) is 58.6 Å². The highest BCUT2D eigenvalue weighted by Gasteiger charge is 2.48. The third kappa shape index (κ3) is 2.12. The number of ether oxygens (including phenoxy) is 1. The van der Waals surface area contributed by atoms with Crippen LogP contribution in [0.4, 0.5) is 4.79 Å². The van der Waals surface area contributed by atoms with Crippen LogP contribution in [-0.2, 0) is 9.53 Å². The molecule has 3 amide bonds. The maximum absolute atomic E-state index is 11.8. The zero-order valence-electron chi connectivity index (χ0n) is 10.6. The van der Waals surface area contributed by atoms with Crippen molar-refractivity contribution in [3.8, 4) is 24.7 Å². The van der Waals surface area contributed by atoms with Gasteiger partial charge in [0.2, 0.25) is 0 Å². The quantitative estimate of drug-likeness (QED) is 0.521. The number of rotatable bonds is 2. The summed E-state index contributed by atoms with van der Waals surface area (Å²) in [5.41, 5.74) is -1.56. The summed E-state index contributed by atoms with van der Waals surface area (Å²) >= 11 is 0. The van der Waals surface area contributed by atoms with E-state index in [1.807, 2.05) is 0 Å². The molecule has 0 spiro atoms. The van der Waals surface area contributed by atoms with Gasteiger partial charge in [-0.15, -0.1) is 12.8 Å². The van der Waals surface area contributed by atoms with Gasteiger partial charge >= 0.3 is 6.03 Å². The average molecular weight is 278 g/mol. The van der Waals surface area contributed by atoms with Gasteiger partial charge in [0, 0.05) is 6.42 Å². The van der Waals surface area contributed by atoms with Gasteiger partial charge in [0.05, 0.1) is 19.3 Å². The number of urea groups is 1. The lowest BCUT2D eigenvalue weighted by molar-refractivity contribution is -0.130. The minimum absolute atomic E-state index is 0.109. The van der Waals surface area contributed by atoms with Crippen molar-refractivity contribution in [3.63, 3.8) is 0 Å². The zero-order chi connectivity index (χ0) is 14.9. The summed E-state index contributed by atoms with van der Waals surface area (Å²) in [7, 11) is 0. The van der Waals surface area contributed by atoms with Gasteiger partial charge in [0.1, 0.15) is 12.3 Å². The van der Waals surface area contributed by atoms with Crippen molar-refractivity contribution in [3.05, 3.63) is 0 Å². The lowest BCUT2D eigenvalue weighted by atomic mass is 9.86. The smallest absolute Gasteiger partial charge is 0.326 e. The number of nitrogens with zero attached hydrogens (tertiary/aromatic N) is 1. The van der Waals surface area contributed by atoms with Gasteiger partial charge in [0.15, 0.2) is 5.41 Å². The molecular formula is C13H14N2O5. The Labute approximate surface area is 115 Å². The van der Waals surface area contributed by atoms with Crippen molar-refractivity contribution in [1.29, 1.82) is 0 Å². The van der Waals surface area contributed by atoms with Crippen LogP contribution in [0, 0.1) is 30.1 Å². The van der Waals surface area contributed by atoms with E-state index in [1.165, 1.54) is 4.90 Å². The molecule has 0 aromatic heterocycles. The van der Waals surface area contributed by atoms with E-state index in [2.05, 4.69) is 17.2 Å². The van der Waals surface area contributed by atoms with Gasteiger partial charge in [-0.3, -0.25) is 15.0 Å². The summed E-state index contributed by atoms with van der Waals surface area (Å²) in [6, 6.07) is -0.688. The molecule has 2 aliphatic rings. The van der Waals surface area contributed by atoms with Gasteiger partial charge in [-0.1, -0.05) is 11.8 Å². The highest BCUT2D eigenvalue weighted by molar-refractivity contribution is 6.03. The Morgan fingerprint density at radius 2 is 2.10 bits per heavy atom. The second-order valence-corrected chi connectivity index (χ2v) is 4.70. The number of amides is 3. The van der Waals surface area contributed by atoms with Crippen LogP contribution in [0.2, 0.25) is 0 Å². The van der Waals surface area contributed by atoms with Crippen molar-refractivity contribution >= 4 is 11.9 Å². The maximum Gasteiger partial charge on any atom is 0.326 e. The van der Waals surface area contributed by atoms with E-state index in [1.54, 1.807) is 0 Å². The third-order valence-corrected chi connectivity index (χ3v) is 3.50. The van der Waals surface area contributed by atoms with E-state index in [9.17, 15) is 14.7 Å². The van der Waals surface area contributed by atoms with E-state index in [4.69, 9.17) is 22.7 Å². The van der Waals surface area contributed by atoms with Crippen molar-refractivity contribution in [2.24, 2.45) is 5.41 Å². The first-order valence-electron chi connectivity index (χ1n) is 5.99. The molecule has 0 aliphatic carbocycles. The van der Waals surface area contributed by atoms with Crippen LogP contribution in [0.5, 0.6) is 0 Å². The number of hydrogen-bond acceptors (Lipinski definition) is 5. The fourth-order valence-corrected chi connectivity index (χ4v) is 2.24. The molecule has 0 saturated carbocycles. The molecule has 0 aromatic rings. The Balaban J connectivity index is 2.21.